The van der Waals surface area contributed by atoms with Crippen LogP contribution in [0.25, 0.3) is 10.8 Å². The van der Waals surface area contributed by atoms with Gasteiger partial charge in [0, 0.05) is 17.5 Å². The number of alkyl halides is 3. The fourth-order valence-corrected chi connectivity index (χ4v) is 4.71. The van der Waals surface area contributed by atoms with Crippen LogP contribution in [0.2, 0.25) is 0 Å². The average Bonchev–Trinajstić information content (AvgIpc) is 3.15. The lowest BCUT2D eigenvalue weighted by Crippen LogP contribution is -2.35. The van der Waals surface area contributed by atoms with Gasteiger partial charge in [0.15, 0.2) is 11.7 Å². The average molecular weight is 515 g/mol. The zero-order valence-corrected chi connectivity index (χ0v) is 18.7. The highest BCUT2D eigenvalue weighted by molar-refractivity contribution is 9.10. The van der Waals surface area contributed by atoms with Crippen molar-refractivity contribution >= 4 is 44.1 Å². The maximum absolute atomic E-state index is 14.0. The van der Waals surface area contributed by atoms with Crippen molar-refractivity contribution in [2.45, 2.75) is 24.7 Å². The molecular weight excluding hydrogens is 497 g/mol. The lowest BCUT2D eigenvalue weighted by molar-refractivity contribution is -0.173. The standard InChI is InChI=1S/C24H18BrF3N4O/c25-20-21(23(33)30-17-12-6-10-14-7-4-5-11-16(14)17)31-32-19(24(26,27)28)13-18(29-22(20)32)15-8-2-1-3-9-15/h1-12,18-19,29H,13H2,(H,30,33). The largest absolute Gasteiger partial charge is 0.410 e. The van der Waals surface area contributed by atoms with Crippen LogP contribution >= 0.6 is 15.9 Å². The SMILES string of the molecule is O=C(Nc1cccc2ccccc12)c1nn2c(c1Br)NC(c1ccccc1)CC2C(F)(F)F. The molecular formula is C24H18BrF3N4O. The third-order valence-electron chi connectivity index (χ3n) is 5.75. The summed E-state index contributed by atoms with van der Waals surface area (Å²) in [5.41, 5.74) is 1.17. The fraction of sp³-hybridized carbons (Fsp3) is 0.167. The van der Waals surface area contributed by atoms with Crippen LogP contribution in [-0.4, -0.2) is 21.9 Å². The van der Waals surface area contributed by atoms with Crippen molar-refractivity contribution in [3.05, 3.63) is 88.5 Å². The normalized spacial score (nSPS) is 17.9. The smallest absolute Gasteiger partial charge is 0.362 e. The van der Waals surface area contributed by atoms with Gasteiger partial charge in [0.1, 0.15) is 5.82 Å². The van der Waals surface area contributed by atoms with Gasteiger partial charge in [-0.05, 0) is 32.9 Å². The van der Waals surface area contributed by atoms with Crippen molar-refractivity contribution in [1.29, 1.82) is 0 Å². The van der Waals surface area contributed by atoms with E-state index in [1.54, 1.807) is 36.4 Å². The highest BCUT2D eigenvalue weighted by Crippen LogP contribution is 2.46. The van der Waals surface area contributed by atoms with E-state index in [0.717, 1.165) is 21.0 Å². The van der Waals surface area contributed by atoms with Crippen molar-refractivity contribution in [1.82, 2.24) is 9.78 Å². The lowest BCUT2D eigenvalue weighted by Gasteiger charge is -2.33. The minimum Gasteiger partial charge on any atom is -0.362 e. The van der Waals surface area contributed by atoms with Gasteiger partial charge in [0.25, 0.3) is 5.91 Å². The molecule has 2 unspecified atom stereocenters. The molecule has 0 radical (unpaired) electrons. The van der Waals surface area contributed by atoms with Crippen LogP contribution in [-0.2, 0) is 0 Å². The molecule has 3 aromatic carbocycles. The highest BCUT2D eigenvalue weighted by atomic mass is 79.9. The first-order valence-corrected chi connectivity index (χ1v) is 11.1. The van der Waals surface area contributed by atoms with Crippen molar-refractivity contribution < 1.29 is 18.0 Å². The van der Waals surface area contributed by atoms with E-state index in [2.05, 4.69) is 31.7 Å². The van der Waals surface area contributed by atoms with Gasteiger partial charge in [0.2, 0.25) is 0 Å². The molecule has 0 aliphatic carbocycles. The molecule has 1 aliphatic rings. The number of hydrogen-bond donors (Lipinski definition) is 2. The van der Waals surface area contributed by atoms with Crippen LogP contribution in [0.1, 0.15) is 34.6 Å². The minimum atomic E-state index is -4.53. The summed E-state index contributed by atoms with van der Waals surface area (Å²) in [6, 6.07) is 19.5. The Hall–Kier alpha value is -3.33. The molecule has 1 aromatic heterocycles. The van der Waals surface area contributed by atoms with Gasteiger partial charge in [-0.3, -0.25) is 4.79 Å². The van der Waals surface area contributed by atoms with E-state index < -0.39 is 24.2 Å². The van der Waals surface area contributed by atoms with Crippen LogP contribution in [0.5, 0.6) is 0 Å². The molecule has 5 rings (SSSR count). The minimum absolute atomic E-state index is 0.117. The van der Waals surface area contributed by atoms with E-state index in [0.29, 0.717) is 5.69 Å². The highest BCUT2D eigenvalue weighted by Gasteiger charge is 2.47. The van der Waals surface area contributed by atoms with Gasteiger partial charge >= 0.3 is 6.18 Å². The molecule has 9 heteroatoms. The Kier molecular flexibility index (Phi) is 5.36. The van der Waals surface area contributed by atoms with E-state index in [4.69, 9.17) is 0 Å². The van der Waals surface area contributed by atoms with Crippen LogP contribution in [0.15, 0.2) is 77.3 Å². The first-order valence-electron chi connectivity index (χ1n) is 10.3. The predicted octanol–water partition coefficient (Wildman–Crippen LogP) is 6.71. The van der Waals surface area contributed by atoms with Gasteiger partial charge in [-0.15, -0.1) is 0 Å². The molecule has 0 spiro atoms. The number of nitrogens with zero attached hydrogens (tertiary/aromatic N) is 2. The number of anilines is 2. The van der Waals surface area contributed by atoms with Crippen molar-refractivity contribution in [3.8, 4) is 0 Å². The molecule has 33 heavy (non-hydrogen) atoms. The topological polar surface area (TPSA) is 59.0 Å². The molecule has 0 saturated heterocycles. The number of halogens is 4. The Morgan fingerprint density at radius 2 is 1.73 bits per heavy atom. The number of amides is 1. The van der Waals surface area contributed by atoms with Crippen LogP contribution < -0.4 is 10.6 Å². The van der Waals surface area contributed by atoms with E-state index in [1.165, 1.54) is 0 Å². The molecule has 0 saturated carbocycles. The zero-order valence-electron chi connectivity index (χ0n) is 17.1. The molecule has 1 aliphatic heterocycles. The van der Waals surface area contributed by atoms with Gasteiger partial charge in [0.05, 0.1) is 10.5 Å². The number of fused-ring (bicyclic) bond motifs is 2. The summed E-state index contributed by atoms with van der Waals surface area (Å²) < 4.78 is 43.0. The number of hydrogen-bond acceptors (Lipinski definition) is 3. The van der Waals surface area contributed by atoms with E-state index in [1.807, 2.05) is 36.4 Å². The summed E-state index contributed by atoms with van der Waals surface area (Å²) in [5.74, 6) is -0.473. The van der Waals surface area contributed by atoms with Crippen LogP contribution in [0, 0.1) is 0 Å². The summed E-state index contributed by atoms with van der Waals surface area (Å²) in [5, 5.41) is 11.8. The molecule has 2 N–H and O–H groups in total. The number of aromatic nitrogens is 2. The van der Waals surface area contributed by atoms with E-state index in [9.17, 15) is 18.0 Å². The lowest BCUT2D eigenvalue weighted by atomic mass is 9.97. The number of rotatable bonds is 3. The maximum Gasteiger partial charge on any atom is 0.410 e. The van der Waals surface area contributed by atoms with Crippen molar-refractivity contribution in [2.24, 2.45) is 0 Å². The zero-order chi connectivity index (χ0) is 23.2. The number of nitrogens with one attached hydrogen (secondary N) is 2. The Morgan fingerprint density at radius 3 is 2.48 bits per heavy atom. The predicted molar refractivity (Wildman–Crippen MR) is 124 cm³/mol. The Balaban J connectivity index is 1.52. The Bertz CT molecular complexity index is 1330. The molecule has 168 valence electrons. The second-order valence-corrected chi connectivity index (χ2v) is 8.63. The van der Waals surface area contributed by atoms with E-state index in [-0.39, 0.29) is 22.4 Å². The first kappa shape index (κ1) is 21.5. The van der Waals surface area contributed by atoms with Gasteiger partial charge < -0.3 is 10.6 Å². The monoisotopic (exact) mass is 514 g/mol. The summed E-state index contributed by atoms with van der Waals surface area (Å²) in [4.78, 5) is 13.1. The first-order chi connectivity index (χ1) is 15.8. The molecule has 5 nitrogen and oxygen atoms in total. The number of benzene rings is 3. The molecule has 4 aromatic rings. The molecule has 2 atom stereocenters. The molecule has 0 bridgehead atoms. The van der Waals surface area contributed by atoms with Gasteiger partial charge in [-0.1, -0.05) is 66.7 Å². The van der Waals surface area contributed by atoms with Crippen molar-refractivity contribution in [2.75, 3.05) is 10.6 Å². The second-order valence-electron chi connectivity index (χ2n) is 7.84. The molecule has 2 heterocycles. The summed E-state index contributed by atoms with van der Waals surface area (Å²) in [6.45, 7) is 0. The third-order valence-corrected chi connectivity index (χ3v) is 6.50. The van der Waals surface area contributed by atoms with E-state index >= 15 is 0 Å². The number of carbonyl (C=O) groups excluding carboxylic acids is 1. The van der Waals surface area contributed by atoms with Crippen LogP contribution in [0.4, 0.5) is 24.7 Å². The molecule has 1 amide bonds. The number of carbonyl (C=O) groups is 1. The maximum atomic E-state index is 14.0. The second kappa shape index (κ2) is 8.22. The quantitative estimate of drug-likeness (QED) is 0.319. The third kappa shape index (κ3) is 3.97. The van der Waals surface area contributed by atoms with Gasteiger partial charge in [-0.25, -0.2) is 4.68 Å². The van der Waals surface area contributed by atoms with Crippen LogP contribution in [0.3, 0.4) is 0 Å². The summed E-state index contributed by atoms with van der Waals surface area (Å²) in [7, 11) is 0. The Morgan fingerprint density at radius 1 is 1.03 bits per heavy atom. The fourth-order valence-electron chi connectivity index (χ4n) is 4.15. The summed E-state index contributed by atoms with van der Waals surface area (Å²) in [6.07, 6.45) is -4.77. The summed E-state index contributed by atoms with van der Waals surface area (Å²) >= 11 is 3.32. The van der Waals surface area contributed by atoms with Crippen molar-refractivity contribution in [3.63, 3.8) is 0 Å². The molecule has 0 fully saturated rings. The van der Waals surface area contributed by atoms with Gasteiger partial charge in [-0.2, -0.15) is 18.3 Å². The Labute approximate surface area is 195 Å².